The predicted octanol–water partition coefficient (Wildman–Crippen LogP) is 6.02. The zero-order valence-electron chi connectivity index (χ0n) is 14.0. The maximum atomic E-state index is 6.35. The Morgan fingerprint density at radius 1 is 1.14 bits per heavy atom. The lowest BCUT2D eigenvalue weighted by Gasteiger charge is -2.36. The van der Waals surface area contributed by atoms with Crippen LogP contribution in [0.2, 0.25) is 0 Å². The van der Waals surface area contributed by atoms with Gasteiger partial charge in [0.05, 0.1) is 6.61 Å². The molecule has 0 aliphatic heterocycles. The molecule has 1 nitrogen and oxygen atoms in total. The number of ether oxygens (including phenoxy) is 1. The molecule has 0 saturated heterocycles. The summed E-state index contributed by atoms with van der Waals surface area (Å²) in [4.78, 5) is 0. The minimum Gasteiger partial charge on any atom is -0.493 e. The van der Waals surface area contributed by atoms with Gasteiger partial charge in [-0.2, -0.15) is 0 Å². The lowest BCUT2D eigenvalue weighted by atomic mass is 9.76. The highest BCUT2D eigenvalue weighted by molar-refractivity contribution is 9.09. The molecule has 0 radical (unpaired) electrons. The Morgan fingerprint density at radius 2 is 1.81 bits per heavy atom. The van der Waals surface area contributed by atoms with E-state index < -0.39 is 0 Å². The maximum Gasteiger partial charge on any atom is 0.123 e. The maximum absolute atomic E-state index is 6.35. The first-order chi connectivity index (χ1) is 9.86. The molecule has 0 aromatic heterocycles. The summed E-state index contributed by atoms with van der Waals surface area (Å²) in [6.45, 7) is 9.74. The molecule has 2 heteroatoms. The molecule has 118 valence electrons. The number of benzene rings is 1. The van der Waals surface area contributed by atoms with Crippen LogP contribution in [0.1, 0.15) is 64.0 Å². The summed E-state index contributed by atoms with van der Waals surface area (Å²) in [5.74, 6) is 1.08. The van der Waals surface area contributed by atoms with Crippen molar-refractivity contribution in [3.63, 3.8) is 0 Å². The summed E-state index contributed by atoms with van der Waals surface area (Å²) in [6.07, 6.45) is 6.64. The van der Waals surface area contributed by atoms with Crippen LogP contribution in [0.4, 0.5) is 0 Å². The molecule has 0 atom stereocenters. The highest BCUT2D eigenvalue weighted by atomic mass is 79.9. The second-order valence-corrected chi connectivity index (χ2v) is 8.29. The fraction of sp³-hybridized carbons (Fsp3) is 0.684. The molecule has 0 unspecified atom stereocenters. The summed E-state index contributed by atoms with van der Waals surface area (Å²) < 4.78 is 6.35. The van der Waals surface area contributed by atoms with Gasteiger partial charge in [-0.05, 0) is 42.4 Å². The first-order valence-electron chi connectivity index (χ1n) is 8.16. The standard InChI is InChI=1S/C19H29BrO/c1-15-8-9-16(18(2,3)4)17(12-15)21-14-19(13-20)10-6-5-7-11-19/h8-9,12H,5-7,10-11,13-14H2,1-4H3. The third kappa shape index (κ3) is 4.25. The lowest BCUT2D eigenvalue weighted by Crippen LogP contribution is -2.33. The van der Waals surface area contributed by atoms with Gasteiger partial charge in [0, 0.05) is 10.7 Å². The van der Waals surface area contributed by atoms with E-state index in [4.69, 9.17) is 4.74 Å². The summed E-state index contributed by atoms with van der Waals surface area (Å²) in [6, 6.07) is 6.62. The van der Waals surface area contributed by atoms with Crippen LogP contribution in [0.25, 0.3) is 0 Å². The fourth-order valence-electron chi connectivity index (χ4n) is 3.22. The summed E-state index contributed by atoms with van der Waals surface area (Å²) in [5.41, 5.74) is 3.04. The predicted molar refractivity (Wildman–Crippen MR) is 94.7 cm³/mol. The molecule has 1 saturated carbocycles. The van der Waals surface area contributed by atoms with Crippen LogP contribution in [0.5, 0.6) is 5.75 Å². The van der Waals surface area contributed by atoms with Gasteiger partial charge in [-0.15, -0.1) is 0 Å². The van der Waals surface area contributed by atoms with Crippen molar-refractivity contribution in [1.82, 2.24) is 0 Å². The van der Waals surface area contributed by atoms with Gasteiger partial charge in [-0.1, -0.05) is 68.1 Å². The van der Waals surface area contributed by atoms with E-state index in [2.05, 4.69) is 61.8 Å². The van der Waals surface area contributed by atoms with Crippen molar-refractivity contribution in [1.29, 1.82) is 0 Å². The van der Waals surface area contributed by atoms with Crippen LogP contribution in [-0.4, -0.2) is 11.9 Å². The van der Waals surface area contributed by atoms with Gasteiger partial charge in [-0.25, -0.2) is 0 Å². The van der Waals surface area contributed by atoms with Crippen molar-refractivity contribution in [3.05, 3.63) is 29.3 Å². The van der Waals surface area contributed by atoms with Crippen LogP contribution < -0.4 is 4.74 Å². The molecule has 0 N–H and O–H groups in total. The van der Waals surface area contributed by atoms with Crippen molar-refractivity contribution in [2.45, 2.75) is 65.2 Å². The molecule has 1 fully saturated rings. The molecule has 1 aromatic carbocycles. The quantitative estimate of drug-likeness (QED) is 0.602. The Hall–Kier alpha value is -0.500. The van der Waals surface area contributed by atoms with E-state index >= 15 is 0 Å². The van der Waals surface area contributed by atoms with Crippen molar-refractivity contribution in [2.24, 2.45) is 5.41 Å². The van der Waals surface area contributed by atoms with Gasteiger partial charge >= 0.3 is 0 Å². The van der Waals surface area contributed by atoms with Crippen LogP contribution >= 0.6 is 15.9 Å². The van der Waals surface area contributed by atoms with Gasteiger partial charge in [0.15, 0.2) is 0 Å². The Bertz CT molecular complexity index is 467. The molecule has 21 heavy (non-hydrogen) atoms. The highest BCUT2D eigenvalue weighted by Gasteiger charge is 2.32. The van der Waals surface area contributed by atoms with Crippen molar-refractivity contribution >= 4 is 15.9 Å². The normalized spacial score (nSPS) is 18.5. The van der Waals surface area contributed by atoms with E-state index in [0.717, 1.165) is 17.7 Å². The summed E-state index contributed by atoms with van der Waals surface area (Å²) in [7, 11) is 0. The molecule has 0 spiro atoms. The van der Waals surface area contributed by atoms with Crippen molar-refractivity contribution in [3.8, 4) is 5.75 Å². The van der Waals surface area contributed by atoms with E-state index in [0.29, 0.717) is 5.41 Å². The Labute approximate surface area is 138 Å². The average molecular weight is 353 g/mol. The molecule has 1 aromatic rings. The third-order valence-corrected chi connectivity index (χ3v) is 5.87. The first-order valence-corrected chi connectivity index (χ1v) is 9.28. The van der Waals surface area contributed by atoms with Gasteiger partial charge in [0.1, 0.15) is 5.75 Å². The first kappa shape index (κ1) is 16.9. The minimum atomic E-state index is 0.122. The summed E-state index contributed by atoms with van der Waals surface area (Å²) in [5, 5.41) is 1.05. The monoisotopic (exact) mass is 352 g/mol. The van der Waals surface area contributed by atoms with E-state index in [1.165, 1.54) is 43.2 Å². The third-order valence-electron chi connectivity index (χ3n) is 4.68. The zero-order valence-corrected chi connectivity index (χ0v) is 15.6. The molecule has 1 aliphatic carbocycles. The number of hydrogen-bond acceptors (Lipinski definition) is 1. The minimum absolute atomic E-state index is 0.122. The molecule has 1 aliphatic rings. The average Bonchev–Trinajstić information content (AvgIpc) is 2.45. The van der Waals surface area contributed by atoms with Crippen molar-refractivity contribution < 1.29 is 4.74 Å². The molecule has 0 amide bonds. The SMILES string of the molecule is Cc1ccc(C(C)(C)C)c(OCC2(CBr)CCCCC2)c1. The zero-order chi connectivity index (χ0) is 15.5. The van der Waals surface area contributed by atoms with Crippen LogP contribution in [0.3, 0.4) is 0 Å². The molecule has 0 bridgehead atoms. The van der Waals surface area contributed by atoms with Gasteiger partial charge < -0.3 is 4.74 Å². The van der Waals surface area contributed by atoms with Crippen LogP contribution in [0, 0.1) is 12.3 Å². The van der Waals surface area contributed by atoms with Crippen LogP contribution in [0.15, 0.2) is 18.2 Å². The molecular formula is C19H29BrO. The van der Waals surface area contributed by atoms with E-state index in [-0.39, 0.29) is 5.41 Å². The fourth-order valence-corrected chi connectivity index (χ4v) is 3.94. The van der Waals surface area contributed by atoms with E-state index in [1.807, 2.05) is 0 Å². The number of alkyl halides is 1. The highest BCUT2D eigenvalue weighted by Crippen LogP contribution is 2.39. The topological polar surface area (TPSA) is 9.23 Å². The van der Waals surface area contributed by atoms with E-state index in [9.17, 15) is 0 Å². The smallest absolute Gasteiger partial charge is 0.123 e. The Balaban J connectivity index is 2.17. The summed E-state index contributed by atoms with van der Waals surface area (Å²) >= 11 is 3.73. The van der Waals surface area contributed by atoms with E-state index in [1.54, 1.807) is 0 Å². The van der Waals surface area contributed by atoms with Gasteiger partial charge in [-0.3, -0.25) is 0 Å². The number of halogens is 1. The lowest BCUT2D eigenvalue weighted by molar-refractivity contribution is 0.120. The largest absolute Gasteiger partial charge is 0.493 e. The number of aryl methyl sites for hydroxylation is 1. The van der Waals surface area contributed by atoms with Crippen molar-refractivity contribution in [2.75, 3.05) is 11.9 Å². The molecule has 2 rings (SSSR count). The molecule has 0 heterocycles. The number of hydrogen-bond donors (Lipinski definition) is 0. The van der Waals surface area contributed by atoms with Crippen LogP contribution in [-0.2, 0) is 5.41 Å². The Kier molecular flexibility index (Phi) is 5.40. The Morgan fingerprint density at radius 3 is 2.38 bits per heavy atom. The number of rotatable bonds is 4. The second-order valence-electron chi connectivity index (χ2n) is 7.73. The second kappa shape index (κ2) is 6.73. The van der Waals surface area contributed by atoms with Gasteiger partial charge in [0.2, 0.25) is 0 Å². The van der Waals surface area contributed by atoms with Gasteiger partial charge in [0.25, 0.3) is 0 Å². The molecular weight excluding hydrogens is 324 g/mol.